The fourth-order valence-electron chi connectivity index (χ4n) is 1.54. The second-order valence-electron chi connectivity index (χ2n) is 5.64. The minimum atomic E-state index is -1.17. The van der Waals surface area contributed by atoms with Crippen molar-refractivity contribution in [1.29, 1.82) is 0 Å². The molecule has 1 rings (SSSR count). The van der Waals surface area contributed by atoms with Crippen molar-refractivity contribution in [2.24, 2.45) is 0 Å². The topological polar surface area (TPSA) is 0 Å². The zero-order chi connectivity index (χ0) is 14.0. The molecule has 0 amide bonds. The molecule has 0 nitrogen and oxygen atoms in total. The molecule has 0 heterocycles. The Balaban J connectivity index is 2.18. The van der Waals surface area contributed by atoms with Crippen LogP contribution in [0.4, 0.5) is 0 Å². The van der Waals surface area contributed by atoms with E-state index >= 15 is 0 Å². The van der Waals surface area contributed by atoms with E-state index in [0.29, 0.717) is 0 Å². The van der Waals surface area contributed by atoms with Crippen molar-refractivity contribution in [3.05, 3.63) is 54.1 Å². The quantitative estimate of drug-likeness (QED) is 0.294. The molecule has 0 spiro atoms. The summed E-state index contributed by atoms with van der Waals surface area (Å²) in [6, 6.07) is 10.4. The third-order valence-electron chi connectivity index (χ3n) is 2.47. The lowest BCUT2D eigenvalue weighted by Crippen LogP contribution is -2.16. The Morgan fingerprint density at radius 3 is 2.47 bits per heavy atom. The highest BCUT2D eigenvalue weighted by Crippen LogP contribution is 2.02. The van der Waals surface area contributed by atoms with Crippen LogP contribution in [0, 0.1) is 11.5 Å². The summed E-state index contributed by atoms with van der Waals surface area (Å²) in [7, 11) is -1.17. The van der Waals surface area contributed by atoms with E-state index in [1.165, 1.54) is 5.56 Å². The highest BCUT2D eigenvalue weighted by molar-refractivity contribution is 6.83. The van der Waals surface area contributed by atoms with Gasteiger partial charge in [-0.2, -0.15) is 0 Å². The smallest absolute Gasteiger partial charge is 0.129 e. The van der Waals surface area contributed by atoms with Gasteiger partial charge in [-0.15, -0.1) is 11.5 Å². The van der Waals surface area contributed by atoms with Crippen LogP contribution in [0.15, 0.2) is 48.6 Å². The minimum absolute atomic E-state index is 1.02. The van der Waals surface area contributed by atoms with Crippen LogP contribution in [0.5, 0.6) is 0 Å². The summed E-state index contributed by atoms with van der Waals surface area (Å²) in [6.45, 7) is 6.86. The van der Waals surface area contributed by atoms with Crippen molar-refractivity contribution in [3.63, 3.8) is 0 Å². The molecular formula is C18H24Si. The summed E-state index contributed by atoms with van der Waals surface area (Å²) >= 11 is 0. The van der Waals surface area contributed by atoms with Gasteiger partial charge in [-0.1, -0.05) is 74.3 Å². The van der Waals surface area contributed by atoms with Crippen LogP contribution in [0.2, 0.25) is 19.6 Å². The first kappa shape index (κ1) is 15.5. The number of allylic oxidation sites excluding steroid dienone is 3. The van der Waals surface area contributed by atoms with Crippen LogP contribution in [0.1, 0.15) is 24.8 Å². The molecule has 1 aromatic rings. The molecule has 0 N–H and O–H groups in total. The van der Waals surface area contributed by atoms with Crippen molar-refractivity contribution >= 4 is 14.1 Å². The number of unbranched alkanes of at least 4 members (excludes halogenated alkanes) is 2. The maximum absolute atomic E-state index is 3.40. The summed E-state index contributed by atoms with van der Waals surface area (Å²) in [5.41, 5.74) is 4.64. The number of hydrogen-bond acceptors (Lipinski definition) is 0. The van der Waals surface area contributed by atoms with Gasteiger partial charge in [0, 0.05) is 6.42 Å². The molecule has 0 aliphatic carbocycles. The zero-order valence-corrected chi connectivity index (χ0v) is 13.3. The molecule has 0 aliphatic rings. The monoisotopic (exact) mass is 268 g/mol. The van der Waals surface area contributed by atoms with E-state index in [2.05, 4.69) is 79.7 Å². The van der Waals surface area contributed by atoms with Gasteiger partial charge >= 0.3 is 0 Å². The molecule has 1 heteroatoms. The molecule has 0 bridgehead atoms. The van der Waals surface area contributed by atoms with E-state index in [1.807, 2.05) is 6.07 Å². The Morgan fingerprint density at radius 1 is 1.05 bits per heavy atom. The number of rotatable bonds is 5. The van der Waals surface area contributed by atoms with E-state index in [1.54, 1.807) is 0 Å². The first-order valence-electron chi connectivity index (χ1n) is 6.96. The molecule has 0 radical (unpaired) electrons. The summed E-state index contributed by atoms with van der Waals surface area (Å²) in [4.78, 5) is 0. The Labute approximate surface area is 119 Å². The normalized spacial score (nSPS) is 11.7. The van der Waals surface area contributed by atoms with E-state index in [4.69, 9.17) is 0 Å². The maximum Gasteiger partial charge on any atom is 0.129 e. The fraction of sp³-hybridized carbons (Fsp3) is 0.333. The van der Waals surface area contributed by atoms with Crippen LogP contribution in [-0.4, -0.2) is 8.07 Å². The Kier molecular flexibility index (Phi) is 7.00. The molecule has 0 unspecified atom stereocenters. The van der Waals surface area contributed by atoms with Gasteiger partial charge in [0.2, 0.25) is 0 Å². The van der Waals surface area contributed by atoms with Gasteiger partial charge in [-0.3, -0.25) is 0 Å². The number of benzene rings is 1. The van der Waals surface area contributed by atoms with Gasteiger partial charge in [0.1, 0.15) is 8.07 Å². The van der Waals surface area contributed by atoms with Gasteiger partial charge in [-0.05, 0) is 18.4 Å². The molecule has 0 atom stereocenters. The minimum Gasteiger partial charge on any atom is -0.132 e. The van der Waals surface area contributed by atoms with E-state index in [9.17, 15) is 0 Å². The fourth-order valence-corrected chi connectivity index (χ4v) is 2.20. The van der Waals surface area contributed by atoms with Gasteiger partial charge in [0.15, 0.2) is 0 Å². The Hall–Kier alpha value is -1.52. The summed E-state index contributed by atoms with van der Waals surface area (Å²) in [5.74, 6) is 3.30. The summed E-state index contributed by atoms with van der Waals surface area (Å²) in [6.07, 6.45) is 11.9. The van der Waals surface area contributed by atoms with Crippen molar-refractivity contribution in [2.45, 2.75) is 38.9 Å². The van der Waals surface area contributed by atoms with Gasteiger partial charge < -0.3 is 0 Å². The van der Waals surface area contributed by atoms with Gasteiger partial charge in [0.05, 0.1) is 0 Å². The standard InChI is InChI=1S/C18H24Si/c1-19(2,3)17-13-8-6-4-5-7-10-14-18-15-11-9-12-16-18/h5,7,9-12,14-16H,4,6,8H2,1-3H3/b7-5+,14-10+. The average Bonchev–Trinajstić information content (AvgIpc) is 2.37. The molecule has 0 aromatic heterocycles. The van der Waals surface area contributed by atoms with Crippen LogP contribution in [0.25, 0.3) is 6.08 Å². The highest BCUT2D eigenvalue weighted by Gasteiger charge is 2.06. The maximum atomic E-state index is 3.40. The molecular weight excluding hydrogens is 244 g/mol. The van der Waals surface area contributed by atoms with Crippen LogP contribution in [0.3, 0.4) is 0 Å². The predicted molar refractivity (Wildman–Crippen MR) is 89.6 cm³/mol. The van der Waals surface area contributed by atoms with Crippen molar-refractivity contribution in [3.8, 4) is 11.5 Å². The molecule has 19 heavy (non-hydrogen) atoms. The molecule has 1 aromatic carbocycles. The molecule has 100 valence electrons. The van der Waals surface area contributed by atoms with Gasteiger partial charge in [0.25, 0.3) is 0 Å². The van der Waals surface area contributed by atoms with Crippen LogP contribution in [-0.2, 0) is 0 Å². The van der Waals surface area contributed by atoms with Crippen LogP contribution >= 0.6 is 0 Å². The zero-order valence-electron chi connectivity index (χ0n) is 12.3. The SMILES string of the molecule is C[Si](C)(C)C#CCCC/C=C/C=C/c1ccccc1. The Morgan fingerprint density at radius 2 is 1.79 bits per heavy atom. The molecule has 0 aliphatic heterocycles. The van der Waals surface area contributed by atoms with E-state index < -0.39 is 8.07 Å². The first-order chi connectivity index (χ1) is 9.08. The van der Waals surface area contributed by atoms with E-state index in [0.717, 1.165) is 19.3 Å². The second-order valence-corrected chi connectivity index (χ2v) is 10.4. The average molecular weight is 268 g/mol. The van der Waals surface area contributed by atoms with Crippen molar-refractivity contribution < 1.29 is 0 Å². The lowest BCUT2D eigenvalue weighted by molar-refractivity contribution is 0.885. The Bertz CT molecular complexity index is 464. The first-order valence-corrected chi connectivity index (χ1v) is 10.5. The van der Waals surface area contributed by atoms with E-state index in [-0.39, 0.29) is 0 Å². The molecule has 0 fully saturated rings. The summed E-state index contributed by atoms with van der Waals surface area (Å²) in [5, 5.41) is 0. The predicted octanol–water partition coefficient (Wildman–Crippen LogP) is 5.31. The molecule has 0 saturated heterocycles. The largest absolute Gasteiger partial charge is 0.132 e. The summed E-state index contributed by atoms with van der Waals surface area (Å²) < 4.78 is 0. The van der Waals surface area contributed by atoms with Gasteiger partial charge in [-0.25, -0.2) is 0 Å². The lowest BCUT2D eigenvalue weighted by Gasteiger charge is -2.02. The molecule has 0 saturated carbocycles. The third kappa shape index (κ3) is 9.10. The van der Waals surface area contributed by atoms with Crippen LogP contribution < -0.4 is 0 Å². The second kappa shape index (κ2) is 8.56. The number of hydrogen-bond donors (Lipinski definition) is 0. The van der Waals surface area contributed by atoms with Crippen molar-refractivity contribution in [2.75, 3.05) is 0 Å². The lowest BCUT2D eigenvalue weighted by atomic mass is 10.2. The third-order valence-corrected chi connectivity index (χ3v) is 3.40. The van der Waals surface area contributed by atoms with Crippen molar-refractivity contribution in [1.82, 2.24) is 0 Å². The highest BCUT2D eigenvalue weighted by atomic mass is 28.3.